The van der Waals surface area contributed by atoms with Crippen LogP contribution in [0.2, 0.25) is 0 Å². The lowest BCUT2D eigenvalue weighted by atomic mass is 9.87. The fourth-order valence-electron chi connectivity index (χ4n) is 1.12. The number of nitriles is 1. The van der Waals surface area contributed by atoms with Gasteiger partial charge in [-0.1, -0.05) is 20.8 Å². The van der Waals surface area contributed by atoms with Gasteiger partial charge in [-0.25, -0.2) is 0 Å². The Bertz CT molecular complexity index is 323. The van der Waals surface area contributed by atoms with Crippen LogP contribution in [0.1, 0.15) is 32.0 Å². The summed E-state index contributed by atoms with van der Waals surface area (Å²) in [6, 6.07) is 2.15. The molecule has 1 aromatic rings. The zero-order valence-corrected chi connectivity index (χ0v) is 7.92. The molecule has 0 aromatic carbocycles. The average Bonchev–Trinajstić information content (AvgIpc) is 2.29. The maximum Gasteiger partial charge on any atom is 0.141 e. The summed E-state index contributed by atoms with van der Waals surface area (Å²) in [7, 11) is 1.79. The molecule has 0 radical (unpaired) electrons. The van der Waals surface area contributed by atoms with Crippen molar-refractivity contribution in [2.75, 3.05) is 0 Å². The van der Waals surface area contributed by atoms with E-state index in [1.807, 2.05) is 0 Å². The van der Waals surface area contributed by atoms with E-state index >= 15 is 0 Å². The molecule has 1 rings (SSSR count). The van der Waals surface area contributed by atoms with Crippen molar-refractivity contribution in [2.45, 2.75) is 26.2 Å². The van der Waals surface area contributed by atoms with Gasteiger partial charge in [0.15, 0.2) is 0 Å². The van der Waals surface area contributed by atoms with Crippen LogP contribution in [0.3, 0.4) is 0 Å². The van der Waals surface area contributed by atoms with Gasteiger partial charge in [-0.3, -0.25) is 4.68 Å². The molecule has 1 aromatic heterocycles. The molecule has 0 spiro atoms. The van der Waals surface area contributed by atoms with E-state index in [1.54, 1.807) is 17.9 Å². The molecule has 0 unspecified atom stereocenters. The molecule has 0 atom stereocenters. The smallest absolute Gasteiger partial charge is 0.141 e. The van der Waals surface area contributed by atoms with Crippen molar-refractivity contribution in [3.8, 4) is 6.07 Å². The average molecular weight is 163 g/mol. The summed E-state index contributed by atoms with van der Waals surface area (Å²) in [5.74, 6) is 0. The van der Waals surface area contributed by atoms with Crippen molar-refractivity contribution in [1.82, 2.24) is 9.78 Å². The summed E-state index contributed by atoms with van der Waals surface area (Å²) < 4.78 is 1.61. The first-order valence-electron chi connectivity index (χ1n) is 3.89. The third-order valence-corrected chi connectivity index (χ3v) is 1.85. The number of aromatic nitrogens is 2. The van der Waals surface area contributed by atoms with Crippen molar-refractivity contribution in [3.63, 3.8) is 0 Å². The van der Waals surface area contributed by atoms with Gasteiger partial charge in [0.25, 0.3) is 0 Å². The Hall–Kier alpha value is -1.30. The second-order valence-corrected chi connectivity index (χ2v) is 3.89. The maximum absolute atomic E-state index is 8.84. The fraction of sp³-hybridized carbons (Fsp3) is 0.556. The predicted molar refractivity (Wildman–Crippen MR) is 46.6 cm³/mol. The molecule has 1 heterocycles. The first kappa shape index (κ1) is 8.79. The van der Waals surface area contributed by atoms with Crippen molar-refractivity contribution in [3.05, 3.63) is 17.5 Å². The van der Waals surface area contributed by atoms with Gasteiger partial charge in [0, 0.05) is 12.6 Å². The molecule has 0 aliphatic rings. The number of nitrogens with zero attached hydrogens (tertiary/aromatic N) is 3. The lowest BCUT2D eigenvalue weighted by molar-refractivity contribution is 0.586. The molecule has 0 aliphatic carbocycles. The highest BCUT2D eigenvalue weighted by Gasteiger charge is 2.20. The Morgan fingerprint density at radius 1 is 1.50 bits per heavy atom. The number of hydrogen-bond acceptors (Lipinski definition) is 2. The number of aryl methyl sites for hydroxylation is 1. The van der Waals surface area contributed by atoms with Crippen LogP contribution in [0.15, 0.2) is 6.20 Å². The van der Waals surface area contributed by atoms with Crippen molar-refractivity contribution < 1.29 is 0 Å². The summed E-state index contributed by atoms with van der Waals surface area (Å²) in [6.07, 6.45) is 1.76. The molecule has 0 amide bonds. The molecular weight excluding hydrogens is 150 g/mol. The Balaban J connectivity index is 3.28. The second kappa shape index (κ2) is 2.63. The van der Waals surface area contributed by atoms with Crippen LogP contribution in [0, 0.1) is 11.3 Å². The highest BCUT2D eigenvalue weighted by molar-refractivity contribution is 5.34. The van der Waals surface area contributed by atoms with E-state index in [4.69, 9.17) is 5.26 Å². The SMILES string of the molecule is Cn1ncc(C(C)(C)C)c1C#N. The molecule has 0 N–H and O–H groups in total. The number of hydrogen-bond donors (Lipinski definition) is 0. The standard InChI is InChI=1S/C9H13N3/c1-9(2,3)7-6-11-12(4)8(7)5-10/h6H,1-4H3. The normalized spacial score (nSPS) is 11.2. The lowest BCUT2D eigenvalue weighted by Gasteiger charge is -2.16. The van der Waals surface area contributed by atoms with E-state index in [0.717, 1.165) is 5.56 Å². The minimum atomic E-state index is -0.000671. The van der Waals surface area contributed by atoms with Crippen molar-refractivity contribution in [1.29, 1.82) is 5.26 Å². The van der Waals surface area contributed by atoms with Crippen LogP contribution in [0.25, 0.3) is 0 Å². The van der Waals surface area contributed by atoms with Crippen LogP contribution in [-0.2, 0) is 12.5 Å². The third kappa shape index (κ3) is 1.33. The highest BCUT2D eigenvalue weighted by atomic mass is 15.3. The zero-order valence-electron chi connectivity index (χ0n) is 7.92. The lowest BCUT2D eigenvalue weighted by Crippen LogP contribution is -2.12. The first-order chi connectivity index (χ1) is 5.46. The molecule has 3 nitrogen and oxygen atoms in total. The molecular formula is C9H13N3. The first-order valence-corrected chi connectivity index (χ1v) is 3.89. The van der Waals surface area contributed by atoms with Gasteiger partial charge in [0.2, 0.25) is 0 Å². The van der Waals surface area contributed by atoms with Gasteiger partial charge in [0.05, 0.1) is 6.20 Å². The van der Waals surface area contributed by atoms with Crippen LogP contribution < -0.4 is 0 Å². The molecule has 3 heteroatoms. The van der Waals surface area contributed by atoms with E-state index in [2.05, 4.69) is 31.9 Å². The third-order valence-electron chi connectivity index (χ3n) is 1.85. The fourth-order valence-corrected chi connectivity index (χ4v) is 1.12. The van der Waals surface area contributed by atoms with E-state index < -0.39 is 0 Å². The molecule has 0 aliphatic heterocycles. The Morgan fingerprint density at radius 3 is 2.42 bits per heavy atom. The van der Waals surface area contributed by atoms with Gasteiger partial charge in [0.1, 0.15) is 11.8 Å². The summed E-state index contributed by atoms with van der Waals surface area (Å²) in [5.41, 5.74) is 1.66. The van der Waals surface area contributed by atoms with E-state index in [9.17, 15) is 0 Å². The van der Waals surface area contributed by atoms with Crippen molar-refractivity contribution >= 4 is 0 Å². The molecule has 0 saturated heterocycles. The molecule has 12 heavy (non-hydrogen) atoms. The van der Waals surface area contributed by atoms with Gasteiger partial charge in [-0.15, -0.1) is 0 Å². The quantitative estimate of drug-likeness (QED) is 0.582. The van der Waals surface area contributed by atoms with Gasteiger partial charge in [-0.2, -0.15) is 10.4 Å². The molecule has 64 valence electrons. The monoisotopic (exact) mass is 163 g/mol. The highest BCUT2D eigenvalue weighted by Crippen LogP contribution is 2.24. The van der Waals surface area contributed by atoms with Crippen LogP contribution in [0.4, 0.5) is 0 Å². The zero-order chi connectivity index (χ0) is 9.35. The summed E-state index contributed by atoms with van der Waals surface area (Å²) in [5, 5.41) is 12.9. The Labute approximate surface area is 72.6 Å². The predicted octanol–water partition coefficient (Wildman–Crippen LogP) is 1.59. The van der Waals surface area contributed by atoms with E-state index in [-0.39, 0.29) is 5.41 Å². The number of rotatable bonds is 0. The topological polar surface area (TPSA) is 41.6 Å². The minimum Gasteiger partial charge on any atom is -0.258 e. The Kier molecular flexibility index (Phi) is 1.93. The summed E-state index contributed by atoms with van der Waals surface area (Å²) in [4.78, 5) is 0. The van der Waals surface area contributed by atoms with Gasteiger partial charge in [-0.05, 0) is 5.41 Å². The van der Waals surface area contributed by atoms with Crippen LogP contribution in [0.5, 0.6) is 0 Å². The maximum atomic E-state index is 8.84. The van der Waals surface area contributed by atoms with E-state index in [0.29, 0.717) is 5.69 Å². The minimum absolute atomic E-state index is 0.000671. The summed E-state index contributed by atoms with van der Waals surface area (Å²) in [6.45, 7) is 6.22. The second-order valence-electron chi connectivity index (χ2n) is 3.89. The Morgan fingerprint density at radius 2 is 2.08 bits per heavy atom. The van der Waals surface area contributed by atoms with Crippen molar-refractivity contribution in [2.24, 2.45) is 7.05 Å². The van der Waals surface area contributed by atoms with E-state index in [1.165, 1.54) is 0 Å². The molecule has 0 saturated carbocycles. The van der Waals surface area contributed by atoms with Crippen LogP contribution >= 0.6 is 0 Å². The largest absolute Gasteiger partial charge is 0.258 e. The van der Waals surface area contributed by atoms with Gasteiger partial charge < -0.3 is 0 Å². The summed E-state index contributed by atoms with van der Waals surface area (Å²) >= 11 is 0. The van der Waals surface area contributed by atoms with Gasteiger partial charge >= 0.3 is 0 Å². The van der Waals surface area contributed by atoms with Crippen LogP contribution in [-0.4, -0.2) is 9.78 Å². The molecule has 0 bridgehead atoms. The molecule has 0 fully saturated rings.